The molecule has 0 radical (unpaired) electrons. The average Bonchev–Trinajstić information content (AvgIpc) is 3.84. The molecule has 3 heterocycles. The van der Waals surface area contributed by atoms with Gasteiger partial charge in [-0.25, -0.2) is 14.3 Å². The number of amides is 2. The van der Waals surface area contributed by atoms with Gasteiger partial charge in [-0.3, -0.25) is 23.9 Å². The van der Waals surface area contributed by atoms with Crippen molar-refractivity contribution >= 4 is 26.3 Å². The average molecular weight is 914 g/mol. The first kappa shape index (κ1) is 48.7. The SMILES string of the molecule is COc1ccc(C(OC[C@H]2O[C@@H](n3cc(C)c(=O)[nH]c3=O)C[C@H]2OP(OCCC#N)N(C(C)C)C(C)C)(c2ccc(CCC(=O)ON3C(=O)CCC3=O)cc2)c2ccc(OC)cc2)cc1. The Morgan fingerprint density at radius 1 is 0.892 bits per heavy atom. The fourth-order valence-corrected chi connectivity index (χ4v) is 9.67. The second kappa shape index (κ2) is 22.0. The summed E-state index contributed by atoms with van der Waals surface area (Å²) < 4.78 is 41.8. The maximum Gasteiger partial charge on any atom is 0.333 e. The molecule has 1 aromatic heterocycles. The van der Waals surface area contributed by atoms with Gasteiger partial charge in [0.25, 0.3) is 25.9 Å². The van der Waals surface area contributed by atoms with E-state index in [9.17, 15) is 29.2 Å². The molecule has 6 rings (SSSR count). The second-order valence-electron chi connectivity index (χ2n) is 16.2. The van der Waals surface area contributed by atoms with Crippen LogP contribution < -0.4 is 20.7 Å². The summed E-state index contributed by atoms with van der Waals surface area (Å²) in [6.07, 6.45) is -0.358. The lowest BCUT2D eigenvalue weighted by Crippen LogP contribution is -2.39. The molecule has 18 heteroatoms. The van der Waals surface area contributed by atoms with Gasteiger partial charge < -0.3 is 32.8 Å². The maximum atomic E-state index is 13.3. The summed E-state index contributed by atoms with van der Waals surface area (Å²) in [6.45, 7) is 9.83. The molecule has 2 aliphatic heterocycles. The number of hydrogen-bond donors (Lipinski definition) is 1. The van der Waals surface area contributed by atoms with Crippen molar-refractivity contribution in [1.29, 1.82) is 5.26 Å². The summed E-state index contributed by atoms with van der Waals surface area (Å²) in [4.78, 5) is 69.9. The van der Waals surface area contributed by atoms with E-state index in [0.29, 0.717) is 27.7 Å². The Bertz CT molecular complexity index is 2360. The first-order valence-corrected chi connectivity index (χ1v) is 22.6. The van der Waals surface area contributed by atoms with Gasteiger partial charge in [-0.05, 0) is 87.6 Å². The Balaban J connectivity index is 1.40. The fourth-order valence-electron chi connectivity index (χ4n) is 7.91. The first-order chi connectivity index (χ1) is 31.2. The summed E-state index contributed by atoms with van der Waals surface area (Å²) >= 11 is 0. The largest absolute Gasteiger partial charge is 0.497 e. The molecule has 4 aromatic rings. The van der Waals surface area contributed by atoms with Crippen LogP contribution in [0.25, 0.3) is 0 Å². The molecule has 17 nitrogen and oxygen atoms in total. The minimum atomic E-state index is -1.76. The number of benzene rings is 3. The zero-order valence-electron chi connectivity index (χ0n) is 37.7. The van der Waals surface area contributed by atoms with Gasteiger partial charge in [-0.2, -0.15) is 5.26 Å². The molecule has 65 heavy (non-hydrogen) atoms. The van der Waals surface area contributed by atoms with Crippen LogP contribution in [0.3, 0.4) is 0 Å². The standard InChI is InChI=1S/C47H56N5O12P/c1-30(2)52(31(3)4)65(61-26-8-25-48)64-39-27-43(50-28-32(5)45(56)49-46(50)57)62-40(39)29-60-47(35-14-18-37(58-6)19-15-35,36-16-20-38(59-7)21-17-36)34-12-9-33(10-13-34)11-24-44(55)63-51-41(53)22-23-42(51)54/h9-10,12-21,28,30-31,39-40,43H,8,11,22-24,26-27,29H2,1-7H3,(H,49,56,57)/t39-,40-,43-,65?/m1/s1. The van der Waals surface area contributed by atoms with Crippen LogP contribution in [0.4, 0.5) is 0 Å². The Kier molecular flexibility index (Phi) is 16.5. The van der Waals surface area contributed by atoms with Crippen LogP contribution in [0.2, 0.25) is 0 Å². The van der Waals surface area contributed by atoms with E-state index in [1.54, 1.807) is 21.1 Å². The molecule has 0 saturated carbocycles. The predicted molar refractivity (Wildman–Crippen MR) is 238 cm³/mol. The third-order valence-electron chi connectivity index (χ3n) is 11.2. The van der Waals surface area contributed by atoms with Gasteiger partial charge in [0.1, 0.15) is 29.4 Å². The van der Waals surface area contributed by atoms with Crippen molar-refractivity contribution in [2.45, 2.75) is 109 Å². The van der Waals surface area contributed by atoms with Gasteiger partial charge in [-0.1, -0.05) is 48.5 Å². The van der Waals surface area contributed by atoms with E-state index in [2.05, 4.69) is 15.7 Å². The number of aromatic amines is 1. The summed E-state index contributed by atoms with van der Waals surface area (Å²) in [5, 5.41) is 9.92. The van der Waals surface area contributed by atoms with Gasteiger partial charge in [-0.15, -0.1) is 5.06 Å². The Labute approximate surface area is 379 Å². The van der Waals surface area contributed by atoms with Gasteiger partial charge in [0.05, 0.1) is 52.4 Å². The molecule has 1 N–H and O–H groups in total. The van der Waals surface area contributed by atoms with E-state index < -0.39 is 61.6 Å². The number of carbonyl (C=O) groups excluding carboxylic acids is 3. The topological polar surface area (TPSA) is 201 Å². The van der Waals surface area contributed by atoms with Gasteiger partial charge >= 0.3 is 11.7 Å². The lowest BCUT2D eigenvalue weighted by atomic mass is 9.79. The number of H-pyrrole nitrogens is 1. The number of hydroxylamine groups is 2. The number of rotatable bonds is 21. The highest BCUT2D eigenvalue weighted by molar-refractivity contribution is 7.44. The van der Waals surface area contributed by atoms with Crippen molar-refractivity contribution in [3.63, 3.8) is 0 Å². The van der Waals surface area contributed by atoms with Crippen molar-refractivity contribution in [2.75, 3.05) is 27.4 Å². The number of carbonyl (C=O) groups is 3. The third kappa shape index (κ3) is 11.4. The molecule has 346 valence electrons. The highest BCUT2D eigenvalue weighted by atomic mass is 31.2. The molecule has 0 aliphatic carbocycles. The molecule has 2 aliphatic rings. The summed E-state index contributed by atoms with van der Waals surface area (Å²) in [7, 11) is 1.41. The predicted octanol–water partition coefficient (Wildman–Crippen LogP) is 6.36. The Morgan fingerprint density at radius 2 is 1.45 bits per heavy atom. The molecule has 1 unspecified atom stereocenters. The third-order valence-corrected chi connectivity index (χ3v) is 13.3. The molecule has 2 saturated heterocycles. The van der Waals surface area contributed by atoms with Crippen molar-refractivity contribution in [1.82, 2.24) is 19.3 Å². The number of nitrogens with zero attached hydrogens (tertiary/aromatic N) is 4. The van der Waals surface area contributed by atoms with Crippen LogP contribution in [-0.4, -0.2) is 88.8 Å². The number of imide groups is 1. The zero-order valence-corrected chi connectivity index (χ0v) is 38.6. The van der Waals surface area contributed by atoms with Crippen molar-refractivity contribution in [3.05, 3.63) is 128 Å². The molecule has 3 aromatic carbocycles. The maximum absolute atomic E-state index is 13.3. The normalized spacial score (nSPS) is 18.1. The van der Waals surface area contributed by atoms with Crippen molar-refractivity contribution in [2.24, 2.45) is 0 Å². The van der Waals surface area contributed by atoms with E-state index in [0.717, 1.165) is 16.7 Å². The van der Waals surface area contributed by atoms with Crippen molar-refractivity contribution < 1.29 is 47.2 Å². The van der Waals surface area contributed by atoms with Gasteiger partial charge in [0.2, 0.25) is 0 Å². The Morgan fingerprint density at radius 3 is 1.97 bits per heavy atom. The van der Waals surface area contributed by atoms with E-state index in [-0.39, 0.29) is 63.8 Å². The summed E-state index contributed by atoms with van der Waals surface area (Å²) in [5.41, 5.74) is 0.805. The number of methoxy groups -OCH3 is 2. The molecule has 0 spiro atoms. The van der Waals surface area contributed by atoms with Crippen LogP contribution in [0, 0.1) is 18.3 Å². The molecular formula is C47H56N5O12P. The minimum Gasteiger partial charge on any atom is -0.497 e. The lowest BCUT2D eigenvalue weighted by molar-refractivity contribution is -0.197. The smallest absolute Gasteiger partial charge is 0.333 e. The Hall–Kier alpha value is -5.73. The van der Waals surface area contributed by atoms with Crippen LogP contribution in [0.1, 0.15) is 93.8 Å². The highest BCUT2D eigenvalue weighted by Crippen LogP contribution is 2.51. The first-order valence-electron chi connectivity index (χ1n) is 21.5. The van der Waals surface area contributed by atoms with Gasteiger partial charge in [0, 0.05) is 43.1 Å². The number of aromatic nitrogens is 2. The van der Waals surface area contributed by atoms with Crippen LogP contribution >= 0.6 is 8.53 Å². The number of hydrogen-bond acceptors (Lipinski definition) is 14. The molecule has 0 bridgehead atoms. The number of nitriles is 1. The van der Waals surface area contributed by atoms with Gasteiger partial charge in [0.15, 0.2) is 0 Å². The van der Waals surface area contributed by atoms with Crippen molar-refractivity contribution in [3.8, 4) is 17.6 Å². The van der Waals surface area contributed by atoms with Crippen LogP contribution in [0.15, 0.2) is 88.6 Å². The van der Waals surface area contributed by atoms with Crippen LogP contribution in [0.5, 0.6) is 11.5 Å². The molecule has 2 fully saturated rings. The zero-order chi connectivity index (χ0) is 46.8. The van der Waals surface area contributed by atoms with Crippen LogP contribution in [-0.2, 0) is 49.8 Å². The van der Waals surface area contributed by atoms with E-state index in [1.165, 1.54) is 10.8 Å². The summed E-state index contributed by atoms with van der Waals surface area (Å²) in [6, 6.07) is 24.7. The quantitative estimate of drug-likeness (QED) is 0.0419. The molecule has 4 atom stereocenters. The number of aryl methyl sites for hydroxylation is 2. The molecule has 2 amide bonds. The van der Waals surface area contributed by atoms with E-state index >= 15 is 0 Å². The molecular weight excluding hydrogens is 858 g/mol. The number of ether oxygens (including phenoxy) is 4. The second-order valence-corrected chi connectivity index (χ2v) is 17.6. The monoisotopic (exact) mass is 913 g/mol. The van der Waals surface area contributed by atoms with E-state index in [1.807, 2.05) is 100 Å². The van der Waals surface area contributed by atoms with E-state index in [4.69, 9.17) is 32.8 Å². The fraction of sp³-hybridized carbons (Fsp3) is 0.447. The summed E-state index contributed by atoms with van der Waals surface area (Å²) in [5.74, 6) is -0.550. The minimum absolute atomic E-state index is 0.00365. The lowest BCUT2D eigenvalue weighted by Gasteiger charge is -2.39. The highest BCUT2D eigenvalue weighted by Gasteiger charge is 2.45. The number of nitrogens with one attached hydrogen (secondary N) is 1.